The summed E-state index contributed by atoms with van der Waals surface area (Å²) >= 11 is 0. The fourth-order valence-electron chi connectivity index (χ4n) is 2.63. The summed E-state index contributed by atoms with van der Waals surface area (Å²) in [7, 11) is 0. The maximum atomic E-state index is 12.3. The third-order valence-electron chi connectivity index (χ3n) is 3.86. The van der Waals surface area contributed by atoms with Crippen LogP contribution in [0.15, 0.2) is 18.2 Å². The Labute approximate surface area is 134 Å². The van der Waals surface area contributed by atoms with E-state index in [2.05, 4.69) is 20.7 Å². The molecule has 0 saturated heterocycles. The van der Waals surface area contributed by atoms with Crippen molar-refractivity contribution in [1.82, 2.24) is 14.8 Å². The van der Waals surface area contributed by atoms with Crippen molar-refractivity contribution >= 4 is 23.5 Å². The summed E-state index contributed by atoms with van der Waals surface area (Å²) in [5, 5.41) is 9.79. The Bertz CT molecular complexity index is 781. The lowest BCUT2D eigenvalue weighted by Gasteiger charge is -2.12. The summed E-state index contributed by atoms with van der Waals surface area (Å²) in [6.45, 7) is 5.88. The number of benzene rings is 1. The van der Waals surface area contributed by atoms with Gasteiger partial charge in [0.05, 0.1) is 6.42 Å². The number of nitrogens with one attached hydrogen (secondary N) is 2. The van der Waals surface area contributed by atoms with Crippen molar-refractivity contribution in [2.45, 2.75) is 39.7 Å². The van der Waals surface area contributed by atoms with Crippen molar-refractivity contribution in [2.24, 2.45) is 0 Å². The second-order valence-electron chi connectivity index (χ2n) is 5.73. The summed E-state index contributed by atoms with van der Waals surface area (Å²) in [6.07, 6.45) is 0.704. The quantitative estimate of drug-likeness (QED) is 0.903. The molecule has 0 bridgehead atoms. The predicted octanol–water partition coefficient (Wildman–Crippen LogP) is 1.98. The van der Waals surface area contributed by atoms with Gasteiger partial charge in [-0.2, -0.15) is 10.1 Å². The van der Waals surface area contributed by atoms with Crippen LogP contribution in [0.25, 0.3) is 0 Å². The Kier molecular flexibility index (Phi) is 3.85. The molecule has 3 rings (SSSR count). The zero-order valence-electron chi connectivity index (χ0n) is 13.4. The second-order valence-corrected chi connectivity index (χ2v) is 5.73. The number of carbonyl (C=O) groups excluding carboxylic acids is 2. The predicted molar refractivity (Wildman–Crippen MR) is 86.2 cm³/mol. The highest BCUT2D eigenvalue weighted by Gasteiger charge is 2.34. The van der Waals surface area contributed by atoms with Gasteiger partial charge in [0.15, 0.2) is 5.82 Å². The fourth-order valence-corrected chi connectivity index (χ4v) is 2.63. The molecule has 2 aromatic rings. The zero-order valence-corrected chi connectivity index (χ0v) is 13.4. The molecule has 23 heavy (non-hydrogen) atoms. The molecule has 0 fully saturated rings. The van der Waals surface area contributed by atoms with Crippen LogP contribution in [0.5, 0.6) is 0 Å². The maximum absolute atomic E-state index is 12.3. The first kappa shape index (κ1) is 15.2. The monoisotopic (exact) mass is 313 g/mol. The minimum atomic E-state index is -0.649. The topological polar surface area (TPSA) is 88.9 Å². The highest BCUT2D eigenvalue weighted by molar-refractivity contribution is 6.01. The standard InChI is InChI=1S/C16H19N5O2/c1-4-13-18-16-19-15(23)12(21(16)20-13)8-14(22)17-11-6-5-9(2)7-10(11)3/h5-7,12H,4,8H2,1-3H3,(H,17,22)(H,18,19,20,23). The minimum absolute atomic E-state index is 0.0265. The Balaban J connectivity index is 1.73. The molecule has 7 heteroatoms. The lowest BCUT2D eigenvalue weighted by molar-refractivity contribution is -0.123. The van der Waals surface area contributed by atoms with Crippen LogP contribution in [-0.2, 0) is 16.0 Å². The van der Waals surface area contributed by atoms with E-state index in [-0.39, 0.29) is 18.2 Å². The minimum Gasteiger partial charge on any atom is -0.326 e. The average molecular weight is 313 g/mol. The van der Waals surface area contributed by atoms with E-state index in [0.717, 1.165) is 16.8 Å². The fraction of sp³-hybridized carbons (Fsp3) is 0.375. The van der Waals surface area contributed by atoms with Gasteiger partial charge in [0.25, 0.3) is 5.91 Å². The van der Waals surface area contributed by atoms with E-state index in [4.69, 9.17) is 0 Å². The molecule has 120 valence electrons. The van der Waals surface area contributed by atoms with Gasteiger partial charge in [0, 0.05) is 12.1 Å². The van der Waals surface area contributed by atoms with Crippen LogP contribution >= 0.6 is 0 Å². The molecule has 2 N–H and O–H groups in total. The van der Waals surface area contributed by atoms with Crippen LogP contribution in [-0.4, -0.2) is 26.6 Å². The van der Waals surface area contributed by atoms with Gasteiger partial charge in [0.1, 0.15) is 6.04 Å². The number of aryl methyl sites for hydroxylation is 3. The first-order valence-electron chi connectivity index (χ1n) is 7.61. The first-order chi connectivity index (χ1) is 11.0. The van der Waals surface area contributed by atoms with Crippen molar-refractivity contribution in [3.8, 4) is 0 Å². The number of aromatic nitrogens is 3. The van der Waals surface area contributed by atoms with Crippen molar-refractivity contribution < 1.29 is 9.59 Å². The van der Waals surface area contributed by atoms with E-state index in [9.17, 15) is 9.59 Å². The SMILES string of the molecule is CCc1nc2n(n1)C(CC(=O)Nc1ccc(C)cc1C)C(=O)N2. The number of carbonyl (C=O) groups is 2. The molecule has 1 atom stereocenters. The van der Waals surface area contributed by atoms with E-state index in [0.29, 0.717) is 18.2 Å². The molecule has 0 aliphatic carbocycles. The Morgan fingerprint density at radius 1 is 1.39 bits per heavy atom. The number of amides is 2. The number of rotatable bonds is 4. The molecule has 7 nitrogen and oxygen atoms in total. The second kappa shape index (κ2) is 5.83. The molecule has 1 aromatic carbocycles. The van der Waals surface area contributed by atoms with Gasteiger partial charge >= 0.3 is 0 Å². The number of nitrogens with zero attached hydrogens (tertiary/aromatic N) is 3. The van der Waals surface area contributed by atoms with Gasteiger partial charge in [-0.1, -0.05) is 24.6 Å². The van der Waals surface area contributed by atoms with E-state index >= 15 is 0 Å². The van der Waals surface area contributed by atoms with E-state index in [1.54, 1.807) is 0 Å². The Morgan fingerprint density at radius 2 is 2.17 bits per heavy atom. The summed E-state index contributed by atoms with van der Waals surface area (Å²) in [5.41, 5.74) is 2.88. The molecule has 0 spiro atoms. The first-order valence-corrected chi connectivity index (χ1v) is 7.61. The number of anilines is 2. The highest BCUT2D eigenvalue weighted by atomic mass is 16.2. The van der Waals surface area contributed by atoms with Crippen LogP contribution in [0.1, 0.15) is 36.3 Å². The van der Waals surface area contributed by atoms with Crippen LogP contribution in [0.2, 0.25) is 0 Å². The van der Waals surface area contributed by atoms with E-state index in [1.165, 1.54) is 4.68 Å². The molecule has 1 unspecified atom stereocenters. The van der Waals surface area contributed by atoms with E-state index < -0.39 is 6.04 Å². The van der Waals surface area contributed by atoms with Gasteiger partial charge in [-0.25, -0.2) is 4.68 Å². The van der Waals surface area contributed by atoms with Crippen molar-refractivity contribution in [1.29, 1.82) is 0 Å². The third-order valence-corrected chi connectivity index (χ3v) is 3.86. The van der Waals surface area contributed by atoms with Crippen LogP contribution < -0.4 is 10.6 Å². The van der Waals surface area contributed by atoms with Crippen molar-refractivity contribution in [3.05, 3.63) is 35.2 Å². The summed E-state index contributed by atoms with van der Waals surface area (Å²) in [4.78, 5) is 28.5. The maximum Gasteiger partial charge on any atom is 0.252 e. The number of hydrogen-bond acceptors (Lipinski definition) is 4. The lowest BCUT2D eigenvalue weighted by Crippen LogP contribution is -2.24. The molecular formula is C16H19N5O2. The number of hydrogen-bond donors (Lipinski definition) is 2. The summed E-state index contributed by atoms with van der Waals surface area (Å²) in [6, 6.07) is 5.16. The Hall–Kier alpha value is -2.70. The smallest absolute Gasteiger partial charge is 0.252 e. The van der Waals surface area contributed by atoms with E-state index in [1.807, 2.05) is 39.0 Å². The van der Waals surface area contributed by atoms with Gasteiger partial charge < -0.3 is 5.32 Å². The van der Waals surface area contributed by atoms with Crippen molar-refractivity contribution in [3.63, 3.8) is 0 Å². The highest BCUT2D eigenvalue weighted by Crippen LogP contribution is 2.26. The molecular weight excluding hydrogens is 294 g/mol. The van der Waals surface area contributed by atoms with Gasteiger partial charge in [-0.15, -0.1) is 0 Å². The molecule has 1 aliphatic rings. The normalized spacial score (nSPS) is 16.1. The Morgan fingerprint density at radius 3 is 2.87 bits per heavy atom. The zero-order chi connectivity index (χ0) is 16.6. The summed E-state index contributed by atoms with van der Waals surface area (Å²) in [5.74, 6) is 0.591. The van der Waals surface area contributed by atoms with Crippen LogP contribution in [0.4, 0.5) is 11.6 Å². The molecule has 1 aromatic heterocycles. The van der Waals surface area contributed by atoms with Crippen LogP contribution in [0.3, 0.4) is 0 Å². The van der Waals surface area contributed by atoms with Gasteiger partial charge in [-0.05, 0) is 25.5 Å². The lowest BCUT2D eigenvalue weighted by atomic mass is 10.1. The van der Waals surface area contributed by atoms with Gasteiger partial charge in [0.2, 0.25) is 11.9 Å². The van der Waals surface area contributed by atoms with Gasteiger partial charge in [-0.3, -0.25) is 14.9 Å². The average Bonchev–Trinajstić information content (AvgIpc) is 3.01. The molecule has 0 radical (unpaired) electrons. The van der Waals surface area contributed by atoms with Crippen molar-refractivity contribution in [2.75, 3.05) is 10.6 Å². The molecule has 0 saturated carbocycles. The van der Waals surface area contributed by atoms with Crippen LogP contribution in [0, 0.1) is 13.8 Å². The third kappa shape index (κ3) is 2.94. The molecule has 2 amide bonds. The number of fused-ring (bicyclic) bond motifs is 1. The molecule has 1 aliphatic heterocycles. The largest absolute Gasteiger partial charge is 0.326 e. The molecule has 2 heterocycles. The summed E-state index contributed by atoms with van der Waals surface area (Å²) < 4.78 is 1.50.